The minimum absolute atomic E-state index is 0.267. The Bertz CT molecular complexity index is 1210. The fourth-order valence-corrected chi connectivity index (χ4v) is 3.21. The number of amides is 1. The molecule has 3 aromatic carbocycles. The molecule has 1 amide bonds. The number of para-hydroxylation sites is 1. The molecule has 0 unspecified atom stereocenters. The van der Waals surface area contributed by atoms with E-state index < -0.39 is 5.91 Å². The van der Waals surface area contributed by atoms with Crippen molar-refractivity contribution in [2.24, 2.45) is 0 Å². The summed E-state index contributed by atoms with van der Waals surface area (Å²) in [4.78, 5) is 17.2. The second-order valence-electron chi connectivity index (χ2n) is 6.28. The molecule has 0 bridgehead atoms. The number of methoxy groups -OCH3 is 1. The van der Waals surface area contributed by atoms with Crippen LogP contribution in [-0.2, 0) is 0 Å². The Morgan fingerprint density at radius 1 is 1.03 bits per heavy atom. The lowest BCUT2D eigenvalue weighted by Gasteiger charge is -2.09. The number of hydrogen-bond acceptors (Lipinski definition) is 5. The van der Waals surface area contributed by atoms with Crippen molar-refractivity contribution in [1.82, 2.24) is 10.1 Å². The molecule has 0 aliphatic heterocycles. The Morgan fingerprint density at radius 2 is 1.80 bits per heavy atom. The van der Waals surface area contributed by atoms with Gasteiger partial charge in [0.25, 0.3) is 11.8 Å². The number of anilines is 1. The predicted octanol–water partition coefficient (Wildman–Crippen LogP) is 5.97. The number of carbonyl (C=O) groups excluding carboxylic acids is 1. The lowest BCUT2D eigenvalue weighted by Crippen LogP contribution is -2.13. The van der Waals surface area contributed by atoms with Crippen molar-refractivity contribution in [1.29, 1.82) is 0 Å². The molecular weight excluding hydrogens is 425 g/mol. The van der Waals surface area contributed by atoms with Crippen LogP contribution in [0.4, 0.5) is 5.69 Å². The zero-order valence-electron chi connectivity index (χ0n) is 15.7. The van der Waals surface area contributed by atoms with Gasteiger partial charge in [0.2, 0.25) is 5.82 Å². The molecule has 0 saturated heterocycles. The maximum Gasteiger partial charge on any atom is 0.260 e. The number of halogens is 2. The van der Waals surface area contributed by atoms with Crippen molar-refractivity contribution >= 4 is 34.8 Å². The van der Waals surface area contributed by atoms with Crippen molar-refractivity contribution in [2.75, 3.05) is 12.4 Å². The zero-order valence-corrected chi connectivity index (χ0v) is 17.2. The van der Waals surface area contributed by atoms with Crippen molar-refractivity contribution in [2.45, 2.75) is 0 Å². The van der Waals surface area contributed by atoms with E-state index in [2.05, 4.69) is 15.5 Å². The van der Waals surface area contributed by atoms with Crippen molar-refractivity contribution in [3.8, 4) is 28.6 Å². The van der Waals surface area contributed by atoms with Gasteiger partial charge in [0.15, 0.2) is 0 Å². The molecule has 1 N–H and O–H groups in total. The molecule has 8 heteroatoms. The van der Waals surface area contributed by atoms with Crippen LogP contribution in [0.1, 0.15) is 10.4 Å². The summed E-state index contributed by atoms with van der Waals surface area (Å²) in [6.45, 7) is 0. The minimum Gasteiger partial charge on any atom is -0.497 e. The highest BCUT2D eigenvalue weighted by molar-refractivity contribution is 6.36. The number of carbonyl (C=O) groups is 1. The SMILES string of the molecule is COc1ccc(-c2noc(-c3ccccc3NC(=O)c3cc(Cl)ccc3Cl)n2)cc1. The second kappa shape index (κ2) is 8.57. The van der Waals surface area contributed by atoms with Crippen LogP contribution >= 0.6 is 23.2 Å². The number of rotatable bonds is 5. The summed E-state index contributed by atoms with van der Waals surface area (Å²) < 4.78 is 10.6. The molecule has 0 aliphatic rings. The summed E-state index contributed by atoms with van der Waals surface area (Å²) in [5.41, 5.74) is 2.13. The number of nitrogens with one attached hydrogen (secondary N) is 1. The van der Waals surface area contributed by atoms with Gasteiger partial charge in [0.1, 0.15) is 5.75 Å². The summed E-state index contributed by atoms with van der Waals surface area (Å²) in [5.74, 6) is 1.03. The van der Waals surface area contributed by atoms with E-state index in [4.69, 9.17) is 32.5 Å². The Morgan fingerprint density at radius 3 is 2.57 bits per heavy atom. The molecule has 150 valence electrons. The first-order valence-electron chi connectivity index (χ1n) is 8.89. The third-order valence-electron chi connectivity index (χ3n) is 4.35. The average Bonchev–Trinajstić information content (AvgIpc) is 3.26. The molecule has 4 aromatic rings. The molecule has 0 aliphatic carbocycles. The first-order chi connectivity index (χ1) is 14.5. The molecule has 0 spiro atoms. The van der Waals surface area contributed by atoms with E-state index in [0.29, 0.717) is 27.1 Å². The van der Waals surface area contributed by atoms with Gasteiger partial charge < -0.3 is 14.6 Å². The van der Waals surface area contributed by atoms with Crippen LogP contribution in [-0.4, -0.2) is 23.2 Å². The van der Waals surface area contributed by atoms with E-state index in [9.17, 15) is 4.79 Å². The molecule has 4 rings (SSSR count). The van der Waals surface area contributed by atoms with Gasteiger partial charge in [-0.25, -0.2) is 0 Å². The summed E-state index contributed by atoms with van der Waals surface area (Å²) in [6, 6.07) is 19.1. The van der Waals surface area contributed by atoms with Crippen molar-refractivity contribution in [3.63, 3.8) is 0 Å². The van der Waals surface area contributed by atoms with Gasteiger partial charge in [-0.05, 0) is 54.6 Å². The fourth-order valence-electron chi connectivity index (χ4n) is 2.83. The van der Waals surface area contributed by atoms with E-state index in [0.717, 1.165) is 11.3 Å². The lowest BCUT2D eigenvalue weighted by molar-refractivity contribution is 0.102. The maximum atomic E-state index is 12.7. The molecule has 1 aromatic heterocycles. The largest absolute Gasteiger partial charge is 0.497 e. The standard InChI is InChI=1S/C22H15Cl2N3O3/c1-29-15-9-6-13(7-10-15)20-26-22(30-27-20)16-4-2-3-5-19(16)25-21(28)17-12-14(23)8-11-18(17)24/h2-12H,1H3,(H,25,28). The Kier molecular flexibility index (Phi) is 5.70. The monoisotopic (exact) mass is 439 g/mol. The van der Waals surface area contributed by atoms with E-state index in [1.807, 2.05) is 30.3 Å². The number of nitrogens with zero attached hydrogens (tertiary/aromatic N) is 2. The number of aromatic nitrogens is 2. The van der Waals surface area contributed by atoms with Gasteiger partial charge in [0.05, 0.1) is 28.9 Å². The minimum atomic E-state index is -0.398. The quantitative estimate of drug-likeness (QED) is 0.414. The first-order valence-corrected chi connectivity index (χ1v) is 9.64. The number of benzene rings is 3. The lowest BCUT2D eigenvalue weighted by atomic mass is 10.1. The van der Waals surface area contributed by atoms with Crippen molar-refractivity contribution < 1.29 is 14.1 Å². The zero-order chi connectivity index (χ0) is 21.1. The van der Waals surface area contributed by atoms with Crippen LogP contribution < -0.4 is 10.1 Å². The summed E-state index contributed by atoms with van der Waals surface area (Å²) in [6.07, 6.45) is 0. The van der Waals surface area contributed by atoms with Gasteiger partial charge in [-0.2, -0.15) is 4.98 Å². The third-order valence-corrected chi connectivity index (χ3v) is 4.92. The Labute approximate surface area is 182 Å². The van der Waals surface area contributed by atoms with Crippen LogP contribution in [0.2, 0.25) is 10.0 Å². The van der Waals surface area contributed by atoms with Gasteiger partial charge in [-0.3, -0.25) is 4.79 Å². The van der Waals surface area contributed by atoms with Crippen LogP contribution in [0.5, 0.6) is 5.75 Å². The van der Waals surface area contributed by atoms with Gasteiger partial charge in [0, 0.05) is 10.6 Å². The summed E-state index contributed by atoms with van der Waals surface area (Å²) in [5, 5.41) is 7.59. The normalized spacial score (nSPS) is 10.6. The maximum absolute atomic E-state index is 12.7. The van der Waals surface area contributed by atoms with Gasteiger partial charge >= 0.3 is 0 Å². The number of ether oxygens (including phenoxy) is 1. The number of hydrogen-bond donors (Lipinski definition) is 1. The topological polar surface area (TPSA) is 77.3 Å². The molecule has 0 radical (unpaired) electrons. The predicted molar refractivity (Wildman–Crippen MR) is 116 cm³/mol. The highest BCUT2D eigenvalue weighted by Crippen LogP contribution is 2.30. The van der Waals surface area contributed by atoms with E-state index >= 15 is 0 Å². The van der Waals surface area contributed by atoms with Crippen LogP contribution in [0.3, 0.4) is 0 Å². The van der Waals surface area contributed by atoms with Gasteiger partial charge in [-0.15, -0.1) is 0 Å². The summed E-state index contributed by atoms with van der Waals surface area (Å²) in [7, 11) is 1.60. The van der Waals surface area contributed by atoms with E-state index in [1.54, 1.807) is 37.4 Å². The van der Waals surface area contributed by atoms with Crippen LogP contribution in [0.25, 0.3) is 22.8 Å². The van der Waals surface area contributed by atoms with Crippen molar-refractivity contribution in [3.05, 3.63) is 82.3 Å². The third kappa shape index (κ3) is 4.15. The summed E-state index contributed by atoms with van der Waals surface area (Å²) >= 11 is 12.1. The fraction of sp³-hybridized carbons (Fsp3) is 0.0455. The van der Waals surface area contributed by atoms with E-state index in [-0.39, 0.29) is 11.5 Å². The highest BCUT2D eigenvalue weighted by atomic mass is 35.5. The van der Waals surface area contributed by atoms with E-state index in [1.165, 1.54) is 6.07 Å². The van der Waals surface area contributed by atoms with Crippen LogP contribution in [0, 0.1) is 0 Å². The Balaban J connectivity index is 1.63. The molecule has 1 heterocycles. The molecule has 6 nitrogen and oxygen atoms in total. The highest BCUT2D eigenvalue weighted by Gasteiger charge is 2.17. The molecule has 0 fully saturated rings. The van der Waals surface area contributed by atoms with Gasteiger partial charge in [-0.1, -0.05) is 40.5 Å². The molecule has 30 heavy (non-hydrogen) atoms. The molecule has 0 atom stereocenters. The molecular formula is C22H15Cl2N3O3. The second-order valence-corrected chi connectivity index (χ2v) is 7.12. The van der Waals surface area contributed by atoms with Crippen LogP contribution in [0.15, 0.2) is 71.3 Å². The molecule has 0 saturated carbocycles. The first kappa shape index (κ1) is 19.9. The Hall–Kier alpha value is -3.35. The average molecular weight is 440 g/mol. The smallest absolute Gasteiger partial charge is 0.260 e.